The van der Waals surface area contributed by atoms with Gasteiger partial charge in [-0.2, -0.15) is 13.2 Å². The summed E-state index contributed by atoms with van der Waals surface area (Å²) in [6.45, 7) is 2.73. The van der Waals surface area contributed by atoms with Crippen LogP contribution < -0.4 is 26.4 Å². The molecule has 0 bridgehead atoms. The highest BCUT2D eigenvalue weighted by Gasteiger charge is 2.36. The standard InChI is InChI=1S/C24H25F3N8O4/c1-23(39-22(29)37)7-10-35(11-8-23)15-4-3-9-30-20(15)34-21(36)18-19(28)31-12-14(32-18)17-13(24(25,26)27)5-6-16(33-17)38-2/h3-6,9,12H,7-8,10-11H2,1-2H3,(H2,28,31)(H2,29,37)(H,30,34,36). The lowest BCUT2D eigenvalue weighted by Gasteiger charge is -2.39. The van der Waals surface area contributed by atoms with Crippen LogP contribution in [0.25, 0.3) is 11.4 Å². The number of aromatic nitrogens is 4. The number of carbonyl (C=O) groups is 2. The largest absolute Gasteiger partial charge is 0.481 e. The third-order valence-corrected chi connectivity index (χ3v) is 6.17. The van der Waals surface area contributed by atoms with E-state index < -0.39 is 40.7 Å². The van der Waals surface area contributed by atoms with Crippen molar-refractivity contribution < 1.29 is 32.2 Å². The molecule has 1 aliphatic heterocycles. The van der Waals surface area contributed by atoms with Gasteiger partial charge in [-0.15, -0.1) is 0 Å². The fourth-order valence-corrected chi connectivity index (χ4v) is 4.14. The molecule has 4 heterocycles. The van der Waals surface area contributed by atoms with Crippen LogP contribution in [-0.2, 0) is 10.9 Å². The van der Waals surface area contributed by atoms with Crippen LogP contribution in [0.4, 0.5) is 35.3 Å². The maximum absolute atomic E-state index is 13.7. The molecular weight excluding hydrogens is 521 g/mol. The lowest BCUT2D eigenvalue weighted by atomic mass is 9.93. The zero-order valence-corrected chi connectivity index (χ0v) is 21.0. The normalized spacial score (nSPS) is 14.9. The average Bonchev–Trinajstić information content (AvgIpc) is 2.88. The van der Waals surface area contributed by atoms with Gasteiger partial charge in [0.15, 0.2) is 17.3 Å². The van der Waals surface area contributed by atoms with Crippen molar-refractivity contribution in [3.63, 3.8) is 0 Å². The fourth-order valence-electron chi connectivity index (χ4n) is 4.14. The van der Waals surface area contributed by atoms with E-state index in [4.69, 9.17) is 20.9 Å². The van der Waals surface area contributed by atoms with E-state index in [1.807, 2.05) is 4.90 Å². The van der Waals surface area contributed by atoms with E-state index in [0.717, 1.165) is 18.3 Å². The first-order valence-electron chi connectivity index (χ1n) is 11.6. The molecule has 2 amide bonds. The molecule has 5 N–H and O–H groups in total. The molecule has 1 aliphatic rings. The highest BCUT2D eigenvalue weighted by Crippen LogP contribution is 2.37. The maximum atomic E-state index is 13.7. The zero-order valence-electron chi connectivity index (χ0n) is 21.0. The number of methoxy groups -OCH3 is 1. The maximum Gasteiger partial charge on any atom is 0.418 e. The Hall–Kier alpha value is -4.69. The summed E-state index contributed by atoms with van der Waals surface area (Å²) in [7, 11) is 1.25. The molecule has 206 valence electrons. The molecule has 0 saturated carbocycles. The lowest BCUT2D eigenvalue weighted by molar-refractivity contribution is -0.137. The van der Waals surface area contributed by atoms with Gasteiger partial charge in [-0.3, -0.25) is 4.79 Å². The van der Waals surface area contributed by atoms with Crippen LogP contribution in [0.3, 0.4) is 0 Å². The summed E-state index contributed by atoms with van der Waals surface area (Å²) in [5, 5.41) is 2.62. The molecule has 3 aromatic heterocycles. The van der Waals surface area contributed by atoms with Gasteiger partial charge in [0.2, 0.25) is 5.88 Å². The number of rotatable bonds is 6. The molecule has 0 atom stereocenters. The molecule has 12 nitrogen and oxygen atoms in total. The third-order valence-electron chi connectivity index (χ3n) is 6.17. The van der Waals surface area contributed by atoms with Crippen molar-refractivity contribution in [1.82, 2.24) is 19.9 Å². The number of pyridine rings is 2. The van der Waals surface area contributed by atoms with E-state index in [0.29, 0.717) is 31.6 Å². The van der Waals surface area contributed by atoms with Crippen molar-refractivity contribution in [3.05, 3.63) is 47.9 Å². The number of primary amides is 1. The van der Waals surface area contributed by atoms with E-state index in [2.05, 4.69) is 25.3 Å². The molecule has 0 aromatic carbocycles. The lowest BCUT2D eigenvalue weighted by Crippen LogP contribution is -2.46. The van der Waals surface area contributed by atoms with Gasteiger partial charge < -0.3 is 31.2 Å². The summed E-state index contributed by atoms with van der Waals surface area (Å²) in [6, 6.07) is 5.29. The molecule has 1 saturated heterocycles. The Labute approximate surface area is 220 Å². The molecule has 15 heteroatoms. The van der Waals surface area contributed by atoms with Crippen LogP contribution >= 0.6 is 0 Å². The van der Waals surface area contributed by atoms with Crippen LogP contribution in [0.15, 0.2) is 36.7 Å². The minimum Gasteiger partial charge on any atom is -0.481 e. The highest BCUT2D eigenvalue weighted by atomic mass is 19.4. The Balaban J connectivity index is 1.61. The van der Waals surface area contributed by atoms with Gasteiger partial charge in [-0.25, -0.2) is 24.7 Å². The first-order valence-corrected chi connectivity index (χ1v) is 11.6. The predicted molar refractivity (Wildman–Crippen MR) is 134 cm³/mol. The summed E-state index contributed by atoms with van der Waals surface area (Å²) in [4.78, 5) is 42.4. The van der Waals surface area contributed by atoms with Crippen molar-refractivity contribution >= 4 is 29.3 Å². The summed E-state index contributed by atoms with van der Waals surface area (Å²) in [5.74, 6) is -1.05. The van der Waals surface area contributed by atoms with Gasteiger partial charge in [0.05, 0.1) is 24.6 Å². The Bertz CT molecular complexity index is 1390. The average molecular weight is 547 g/mol. The SMILES string of the molecule is COc1ccc(C(F)(F)F)c(-c2cnc(N)c(C(=O)Nc3ncccc3N3CCC(C)(OC(N)=O)CC3)n2)n1. The van der Waals surface area contributed by atoms with E-state index in [9.17, 15) is 22.8 Å². The molecule has 3 aromatic rings. The van der Waals surface area contributed by atoms with Gasteiger partial charge in [0.25, 0.3) is 5.91 Å². The number of amides is 2. The number of alkyl halides is 3. The topological polar surface area (TPSA) is 171 Å². The van der Waals surface area contributed by atoms with Crippen LogP contribution in [0.2, 0.25) is 0 Å². The van der Waals surface area contributed by atoms with E-state index in [1.54, 1.807) is 19.1 Å². The monoisotopic (exact) mass is 546 g/mol. The zero-order chi connectivity index (χ0) is 28.4. The smallest absolute Gasteiger partial charge is 0.418 e. The summed E-state index contributed by atoms with van der Waals surface area (Å²) < 4.78 is 51.1. The van der Waals surface area contributed by atoms with Crippen LogP contribution in [0.1, 0.15) is 35.8 Å². The van der Waals surface area contributed by atoms with Gasteiger partial charge in [-0.1, -0.05) is 0 Å². The number of nitrogen functional groups attached to an aromatic ring is 1. The molecule has 0 unspecified atom stereocenters. The molecular formula is C24H25F3N8O4. The van der Waals surface area contributed by atoms with Crippen LogP contribution in [0, 0.1) is 0 Å². The minimum absolute atomic E-state index is 0.0837. The van der Waals surface area contributed by atoms with Gasteiger partial charge in [0, 0.05) is 38.2 Å². The molecule has 4 rings (SSSR count). The molecule has 0 radical (unpaired) electrons. The highest BCUT2D eigenvalue weighted by molar-refractivity contribution is 6.06. The third kappa shape index (κ3) is 6.08. The Morgan fingerprint density at radius 1 is 1.13 bits per heavy atom. The van der Waals surface area contributed by atoms with Crippen molar-refractivity contribution in [2.45, 2.75) is 31.5 Å². The number of anilines is 3. The second-order valence-electron chi connectivity index (χ2n) is 8.92. The Morgan fingerprint density at radius 2 is 1.85 bits per heavy atom. The number of nitrogens with two attached hydrogens (primary N) is 2. The quantitative estimate of drug-likeness (QED) is 0.417. The van der Waals surface area contributed by atoms with Gasteiger partial charge in [-0.05, 0) is 25.1 Å². The Morgan fingerprint density at radius 3 is 2.49 bits per heavy atom. The number of hydrogen-bond acceptors (Lipinski definition) is 10. The number of nitrogens with zero attached hydrogens (tertiary/aromatic N) is 5. The number of hydrogen-bond donors (Lipinski definition) is 3. The first-order chi connectivity index (χ1) is 18.4. The summed E-state index contributed by atoms with van der Waals surface area (Å²) >= 11 is 0. The molecule has 0 aliphatic carbocycles. The van der Waals surface area contributed by atoms with Crippen LogP contribution in [-0.4, -0.2) is 57.7 Å². The molecule has 1 fully saturated rings. The van der Waals surface area contributed by atoms with Gasteiger partial charge >= 0.3 is 12.3 Å². The molecule has 39 heavy (non-hydrogen) atoms. The second kappa shape index (κ2) is 10.6. The second-order valence-corrected chi connectivity index (χ2v) is 8.92. The van der Waals surface area contributed by atoms with Crippen molar-refractivity contribution in [2.24, 2.45) is 5.73 Å². The number of halogens is 3. The first kappa shape index (κ1) is 27.3. The number of ether oxygens (including phenoxy) is 2. The number of nitrogens with one attached hydrogen (secondary N) is 1. The number of carbonyl (C=O) groups excluding carboxylic acids is 2. The van der Waals surface area contributed by atoms with Crippen molar-refractivity contribution in [3.8, 4) is 17.3 Å². The van der Waals surface area contributed by atoms with Gasteiger partial charge in [0.1, 0.15) is 17.0 Å². The van der Waals surface area contributed by atoms with Crippen molar-refractivity contribution in [1.29, 1.82) is 0 Å². The number of piperidine rings is 1. The molecule has 0 spiro atoms. The van der Waals surface area contributed by atoms with E-state index in [-0.39, 0.29) is 23.2 Å². The van der Waals surface area contributed by atoms with E-state index >= 15 is 0 Å². The summed E-state index contributed by atoms with van der Waals surface area (Å²) in [6.07, 6.45) is -2.19. The Kier molecular flexibility index (Phi) is 7.42. The fraction of sp³-hybridized carbons (Fsp3) is 0.333. The predicted octanol–water partition coefficient (Wildman–Crippen LogP) is 3.25. The van der Waals surface area contributed by atoms with E-state index in [1.165, 1.54) is 13.3 Å². The minimum atomic E-state index is -4.75. The van der Waals surface area contributed by atoms with Crippen LogP contribution in [0.5, 0.6) is 5.88 Å². The summed E-state index contributed by atoms with van der Waals surface area (Å²) in [5.41, 5.74) is 8.49. The van der Waals surface area contributed by atoms with Crippen molar-refractivity contribution in [2.75, 3.05) is 36.1 Å².